The SMILES string of the molecule is C=C[C@H](O[Si](O[C@@H](C=C)[C@@H]1CC[C@@H](O[Si](C)(C)C(C)(C)C)[C@H](CCCCCCCCCC)O1)(C(C)C)C(C)C)[C@@H]1CC[C@@H](CCCCCC#C[C@H](CC2=C[C@H](C)OC2=O)O[Si](C(C)C)(C(C)C)C(C)C)O1. The van der Waals surface area contributed by atoms with Crippen molar-refractivity contribution in [3.63, 3.8) is 0 Å². The summed E-state index contributed by atoms with van der Waals surface area (Å²) in [6, 6.07) is 0. The van der Waals surface area contributed by atoms with Gasteiger partial charge in [-0.1, -0.05) is 179 Å². The quantitative estimate of drug-likeness (QED) is 0.0211. The van der Waals surface area contributed by atoms with Gasteiger partial charge in [0.15, 0.2) is 8.32 Å². The van der Waals surface area contributed by atoms with E-state index in [4.69, 9.17) is 31.9 Å². The third kappa shape index (κ3) is 18.7. The molecule has 0 aromatic carbocycles. The van der Waals surface area contributed by atoms with Gasteiger partial charge in [0.05, 0.1) is 42.7 Å². The smallest absolute Gasteiger partial charge is 0.344 e. The molecule has 0 unspecified atom stereocenters. The third-order valence-corrected chi connectivity index (χ3v) is 31.8. The summed E-state index contributed by atoms with van der Waals surface area (Å²) >= 11 is 0. The molecule has 410 valence electrons. The van der Waals surface area contributed by atoms with E-state index >= 15 is 0 Å². The fourth-order valence-electron chi connectivity index (χ4n) is 11.7. The zero-order valence-corrected chi connectivity index (χ0v) is 51.9. The summed E-state index contributed by atoms with van der Waals surface area (Å²) in [6.07, 6.45) is 25.7. The lowest BCUT2D eigenvalue weighted by Crippen LogP contribution is -2.57. The van der Waals surface area contributed by atoms with Crippen LogP contribution in [0.15, 0.2) is 37.0 Å². The number of rotatable bonds is 33. The van der Waals surface area contributed by atoms with Crippen molar-refractivity contribution in [1.29, 1.82) is 0 Å². The molecule has 0 saturated carbocycles. The molecule has 0 aromatic rings. The molecule has 3 heterocycles. The second kappa shape index (κ2) is 30.4. The minimum Gasteiger partial charge on any atom is -0.455 e. The summed E-state index contributed by atoms with van der Waals surface area (Å²) in [5.41, 5.74) is 2.36. The molecule has 3 aliphatic heterocycles. The Labute approximate surface area is 441 Å². The number of carbonyl (C=O) groups is 1. The van der Waals surface area contributed by atoms with Crippen molar-refractivity contribution in [2.45, 2.75) is 327 Å². The Morgan fingerprint density at radius 2 is 1.23 bits per heavy atom. The van der Waals surface area contributed by atoms with Crippen LogP contribution in [-0.4, -0.2) is 86.1 Å². The molecule has 2 fully saturated rings. The van der Waals surface area contributed by atoms with Gasteiger partial charge in [0.25, 0.3) is 0 Å². The number of carbonyl (C=O) groups excluding carboxylic acids is 1. The van der Waals surface area contributed by atoms with E-state index in [9.17, 15) is 4.79 Å². The number of hydrogen-bond acceptors (Lipinski definition) is 8. The van der Waals surface area contributed by atoms with Crippen LogP contribution in [0.1, 0.15) is 226 Å². The second-order valence-electron chi connectivity index (χ2n) is 24.9. The third-order valence-electron chi connectivity index (χ3n) is 16.7. The normalized spacial score (nSPS) is 23.9. The van der Waals surface area contributed by atoms with Crippen LogP contribution < -0.4 is 0 Å². The van der Waals surface area contributed by atoms with Gasteiger partial charge in [-0.05, 0) is 104 Å². The minimum absolute atomic E-state index is 0.0391. The standard InChI is InChI=1S/C60H110O8Si3/c1-20-23-24-25-26-27-31-34-37-55-58(66-69(18,19)60(15,16)17)41-40-57(64-55)54(22-3)68-71(47(10)11,48(12)13)67-53(21-2)56-39-38-51(63-56)35-32-29-28-30-33-36-52(43-50-42-49(14)62-59(50)61)65-70(44(4)5,45(6)7)46(8)9/h21-22,42,44-49,51-58H,2-3,20,23-32,34-35,37-41,43H2,1,4-19H3/t49-,51+,52+,53-,54-,55-,56-,57-,58+/m0/s1. The van der Waals surface area contributed by atoms with E-state index in [-0.39, 0.29) is 77.0 Å². The lowest BCUT2D eigenvalue weighted by Gasteiger charge is -2.47. The maximum Gasteiger partial charge on any atom is 0.344 e. The number of ether oxygens (including phenoxy) is 3. The summed E-state index contributed by atoms with van der Waals surface area (Å²) in [5.74, 6) is 6.75. The fourth-order valence-corrected chi connectivity index (χ4v) is 22.3. The van der Waals surface area contributed by atoms with E-state index in [0.29, 0.717) is 28.6 Å². The number of esters is 1. The molecule has 9 atom stereocenters. The molecule has 0 radical (unpaired) electrons. The molecule has 0 spiro atoms. The Bertz CT molecular complexity index is 1640. The topological polar surface area (TPSA) is 81.7 Å². The molecule has 0 amide bonds. The first-order chi connectivity index (χ1) is 33.4. The van der Waals surface area contributed by atoms with Crippen molar-refractivity contribution in [1.82, 2.24) is 0 Å². The summed E-state index contributed by atoms with van der Waals surface area (Å²) in [7, 11) is -7.13. The van der Waals surface area contributed by atoms with Crippen molar-refractivity contribution < 1.29 is 36.7 Å². The average molecular weight is 1040 g/mol. The van der Waals surface area contributed by atoms with Gasteiger partial charge in [0, 0.05) is 18.4 Å². The Hall–Kier alpha value is -1.34. The number of hydrogen-bond donors (Lipinski definition) is 0. The lowest BCUT2D eigenvalue weighted by atomic mass is 9.94. The highest BCUT2D eigenvalue weighted by Gasteiger charge is 2.52. The summed E-state index contributed by atoms with van der Waals surface area (Å²) in [5, 5.41) is 0.135. The molecule has 0 aromatic heterocycles. The molecule has 0 N–H and O–H groups in total. The van der Waals surface area contributed by atoms with E-state index in [0.717, 1.165) is 70.6 Å². The minimum atomic E-state index is -2.92. The number of cyclic esters (lactones) is 1. The fraction of sp³-hybridized carbons (Fsp3) is 0.850. The summed E-state index contributed by atoms with van der Waals surface area (Å²) in [6.45, 7) is 47.4. The molecule has 3 aliphatic rings. The van der Waals surface area contributed by atoms with Crippen LogP contribution in [0.25, 0.3) is 0 Å². The molecule has 0 bridgehead atoms. The molecular formula is C60H110O8Si3. The van der Waals surface area contributed by atoms with Gasteiger partial charge >= 0.3 is 14.5 Å². The predicted molar refractivity (Wildman–Crippen MR) is 306 cm³/mol. The summed E-state index contributed by atoms with van der Waals surface area (Å²) in [4.78, 5) is 12.6. The summed E-state index contributed by atoms with van der Waals surface area (Å²) < 4.78 is 48.5. The predicted octanol–water partition coefficient (Wildman–Crippen LogP) is 17.2. The second-order valence-corrected chi connectivity index (χ2v) is 39.2. The van der Waals surface area contributed by atoms with Crippen molar-refractivity contribution in [3.05, 3.63) is 37.0 Å². The molecule has 3 rings (SSSR count). The average Bonchev–Trinajstić information content (AvgIpc) is 3.89. The zero-order chi connectivity index (χ0) is 53.2. The van der Waals surface area contributed by atoms with Crippen LogP contribution in [0.4, 0.5) is 0 Å². The van der Waals surface area contributed by atoms with Crippen molar-refractivity contribution in [3.8, 4) is 11.8 Å². The first-order valence-electron chi connectivity index (χ1n) is 29.1. The highest BCUT2D eigenvalue weighted by atomic mass is 28.4. The first kappa shape index (κ1) is 64.0. The Kier molecular flexibility index (Phi) is 27.4. The monoisotopic (exact) mass is 1040 g/mol. The van der Waals surface area contributed by atoms with E-state index in [1.807, 2.05) is 25.2 Å². The Morgan fingerprint density at radius 1 is 0.704 bits per heavy atom. The van der Waals surface area contributed by atoms with Crippen molar-refractivity contribution >= 4 is 31.2 Å². The zero-order valence-electron chi connectivity index (χ0n) is 48.9. The van der Waals surface area contributed by atoms with Crippen LogP contribution >= 0.6 is 0 Å². The van der Waals surface area contributed by atoms with E-state index in [2.05, 4.69) is 135 Å². The molecule has 11 heteroatoms. The highest BCUT2D eigenvalue weighted by Crippen LogP contribution is 2.45. The molecule has 8 nitrogen and oxygen atoms in total. The van der Waals surface area contributed by atoms with Gasteiger partial charge < -0.3 is 31.9 Å². The van der Waals surface area contributed by atoms with Crippen LogP contribution in [-0.2, 0) is 36.7 Å². The van der Waals surface area contributed by atoms with Crippen LogP contribution in [0.5, 0.6) is 0 Å². The van der Waals surface area contributed by atoms with Crippen molar-refractivity contribution in [2.75, 3.05) is 0 Å². The molecular weight excluding hydrogens is 933 g/mol. The van der Waals surface area contributed by atoms with Crippen LogP contribution in [0.3, 0.4) is 0 Å². The van der Waals surface area contributed by atoms with E-state index < -0.39 is 25.2 Å². The van der Waals surface area contributed by atoms with Gasteiger partial charge in [0.1, 0.15) is 12.2 Å². The maximum absolute atomic E-state index is 12.6. The Balaban J connectivity index is 1.64. The largest absolute Gasteiger partial charge is 0.455 e. The van der Waals surface area contributed by atoms with Gasteiger partial charge in [-0.3, -0.25) is 0 Å². The molecule has 0 aliphatic carbocycles. The molecule has 71 heavy (non-hydrogen) atoms. The van der Waals surface area contributed by atoms with E-state index in [1.165, 1.54) is 44.9 Å². The number of unbranched alkanes of at least 4 members (excludes halogenated alkanes) is 10. The van der Waals surface area contributed by atoms with Gasteiger partial charge in [-0.15, -0.1) is 19.1 Å². The van der Waals surface area contributed by atoms with Crippen LogP contribution in [0.2, 0.25) is 45.8 Å². The Morgan fingerprint density at radius 3 is 1.73 bits per heavy atom. The van der Waals surface area contributed by atoms with Crippen molar-refractivity contribution in [2.24, 2.45) is 0 Å². The van der Waals surface area contributed by atoms with Gasteiger partial charge in [-0.2, -0.15) is 0 Å². The van der Waals surface area contributed by atoms with Gasteiger partial charge in [-0.25, -0.2) is 4.79 Å². The first-order valence-corrected chi connectivity index (χ1v) is 36.1. The molecule has 2 saturated heterocycles. The van der Waals surface area contributed by atoms with Gasteiger partial charge in [0.2, 0.25) is 8.32 Å². The van der Waals surface area contributed by atoms with Crippen LogP contribution in [0, 0.1) is 11.8 Å². The highest BCUT2D eigenvalue weighted by molar-refractivity contribution is 6.77. The maximum atomic E-state index is 12.6. The lowest BCUT2D eigenvalue weighted by molar-refractivity contribution is -0.143. The van der Waals surface area contributed by atoms with E-state index in [1.54, 1.807) is 0 Å².